The largest absolute Gasteiger partial charge is 0.393 e. The Morgan fingerprint density at radius 1 is 0.862 bits per heavy atom. The van der Waals surface area contributed by atoms with E-state index in [0.29, 0.717) is 34.7 Å². The minimum absolute atomic E-state index is 0.331. The van der Waals surface area contributed by atoms with Gasteiger partial charge in [0.05, 0.1) is 12.2 Å². The summed E-state index contributed by atoms with van der Waals surface area (Å²) in [5.74, 6) is 1.72. The number of aromatic nitrogens is 4. The van der Waals surface area contributed by atoms with Crippen molar-refractivity contribution in [3.63, 3.8) is 0 Å². The molecule has 3 N–H and O–H groups in total. The Hall–Kier alpha value is -3.71. The first-order chi connectivity index (χ1) is 14.2. The highest BCUT2D eigenvalue weighted by Gasteiger charge is 2.19. The first-order valence-corrected chi connectivity index (χ1v) is 9.30. The Morgan fingerprint density at radius 2 is 1.66 bits per heavy atom. The number of rotatable bonds is 6. The standard InChI is InChI=1S/C21H18ClN7/c22-19-16(9-6-12-25-19)28-20-18(23)21(27-14-26-20)29(17-10-4-5-11-24-17)13-15-7-2-1-3-8-15/h1-12,14H,13,23H2,(H,26,27,28). The molecule has 0 radical (unpaired) electrons. The highest BCUT2D eigenvalue weighted by molar-refractivity contribution is 6.32. The summed E-state index contributed by atoms with van der Waals surface area (Å²) in [7, 11) is 0. The monoisotopic (exact) mass is 403 g/mol. The lowest BCUT2D eigenvalue weighted by molar-refractivity contribution is 0.918. The third-order valence-corrected chi connectivity index (χ3v) is 4.54. The molecule has 4 rings (SSSR count). The Balaban J connectivity index is 1.74. The van der Waals surface area contributed by atoms with Crippen LogP contribution in [0.3, 0.4) is 0 Å². The fourth-order valence-electron chi connectivity index (χ4n) is 2.85. The lowest BCUT2D eigenvalue weighted by atomic mass is 10.2. The normalized spacial score (nSPS) is 10.5. The first kappa shape index (κ1) is 18.6. The van der Waals surface area contributed by atoms with Crippen LogP contribution in [0.15, 0.2) is 79.4 Å². The Kier molecular flexibility index (Phi) is 5.49. The number of pyridine rings is 2. The number of anilines is 5. The molecule has 0 aliphatic carbocycles. The van der Waals surface area contributed by atoms with E-state index in [9.17, 15) is 0 Å². The van der Waals surface area contributed by atoms with Crippen molar-refractivity contribution >= 4 is 40.4 Å². The summed E-state index contributed by atoms with van der Waals surface area (Å²) >= 11 is 6.15. The van der Waals surface area contributed by atoms with E-state index in [2.05, 4.69) is 25.3 Å². The molecule has 0 aliphatic heterocycles. The van der Waals surface area contributed by atoms with Gasteiger partial charge in [-0.15, -0.1) is 0 Å². The molecule has 0 amide bonds. The van der Waals surface area contributed by atoms with Gasteiger partial charge in [-0.05, 0) is 29.8 Å². The topological polar surface area (TPSA) is 92.8 Å². The summed E-state index contributed by atoms with van der Waals surface area (Å²) in [5.41, 5.74) is 8.54. The van der Waals surface area contributed by atoms with Crippen LogP contribution in [0.4, 0.5) is 28.8 Å². The average molecular weight is 404 g/mol. The molecule has 1 aromatic carbocycles. The summed E-state index contributed by atoms with van der Waals surface area (Å²) in [6, 6.07) is 19.3. The molecule has 3 heterocycles. The molecule has 144 valence electrons. The van der Waals surface area contributed by atoms with Crippen molar-refractivity contribution in [2.24, 2.45) is 0 Å². The molecule has 0 saturated carbocycles. The van der Waals surface area contributed by atoms with Crippen molar-refractivity contribution in [3.8, 4) is 0 Å². The molecule has 0 atom stereocenters. The molecule has 29 heavy (non-hydrogen) atoms. The van der Waals surface area contributed by atoms with Crippen molar-refractivity contribution in [3.05, 3.63) is 90.1 Å². The summed E-state index contributed by atoms with van der Waals surface area (Å²) < 4.78 is 0. The molecule has 0 unspecified atom stereocenters. The van der Waals surface area contributed by atoms with Gasteiger partial charge in [-0.3, -0.25) is 0 Å². The number of hydrogen-bond acceptors (Lipinski definition) is 7. The Bertz CT molecular complexity index is 1090. The van der Waals surface area contributed by atoms with Gasteiger partial charge < -0.3 is 16.0 Å². The van der Waals surface area contributed by atoms with E-state index in [1.54, 1.807) is 24.5 Å². The molecule has 3 aromatic heterocycles. The molecule has 0 saturated heterocycles. The number of nitrogens with two attached hydrogens (primary N) is 1. The van der Waals surface area contributed by atoms with Crippen molar-refractivity contribution < 1.29 is 0 Å². The third kappa shape index (κ3) is 4.25. The number of halogens is 1. The second-order valence-corrected chi connectivity index (χ2v) is 6.54. The molecule has 0 bridgehead atoms. The van der Waals surface area contributed by atoms with Crippen molar-refractivity contribution in [2.45, 2.75) is 6.54 Å². The minimum Gasteiger partial charge on any atom is -0.393 e. The van der Waals surface area contributed by atoms with Crippen LogP contribution in [-0.2, 0) is 6.54 Å². The van der Waals surface area contributed by atoms with Gasteiger partial charge in [0.1, 0.15) is 17.8 Å². The van der Waals surface area contributed by atoms with Crippen molar-refractivity contribution in [1.29, 1.82) is 0 Å². The molecule has 0 fully saturated rings. The van der Waals surface area contributed by atoms with Gasteiger partial charge in [0.25, 0.3) is 0 Å². The van der Waals surface area contributed by atoms with E-state index in [0.717, 1.165) is 11.4 Å². The predicted molar refractivity (Wildman–Crippen MR) is 115 cm³/mol. The van der Waals surface area contributed by atoms with E-state index in [1.807, 2.05) is 53.4 Å². The molecule has 0 aliphatic rings. The van der Waals surface area contributed by atoms with E-state index < -0.39 is 0 Å². The van der Waals surface area contributed by atoms with Gasteiger partial charge in [-0.2, -0.15) is 0 Å². The predicted octanol–water partition coefficient (Wildman–Crippen LogP) is 4.58. The zero-order valence-corrected chi connectivity index (χ0v) is 16.2. The zero-order valence-electron chi connectivity index (χ0n) is 15.4. The number of nitrogens with zero attached hydrogens (tertiary/aromatic N) is 5. The van der Waals surface area contributed by atoms with E-state index >= 15 is 0 Å². The zero-order chi connectivity index (χ0) is 20.1. The molecule has 4 aromatic rings. The minimum atomic E-state index is 0.331. The van der Waals surface area contributed by atoms with Crippen LogP contribution in [-0.4, -0.2) is 19.9 Å². The van der Waals surface area contributed by atoms with Gasteiger partial charge in [0.2, 0.25) is 0 Å². The number of nitrogens with one attached hydrogen (secondary N) is 1. The lowest BCUT2D eigenvalue weighted by Gasteiger charge is -2.25. The summed E-state index contributed by atoms with van der Waals surface area (Å²) in [4.78, 5) is 19.2. The van der Waals surface area contributed by atoms with Crippen LogP contribution >= 0.6 is 11.6 Å². The highest BCUT2D eigenvalue weighted by Crippen LogP contribution is 2.34. The van der Waals surface area contributed by atoms with E-state index in [1.165, 1.54) is 6.33 Å². The van der Waals surface area contributed by atoms with Gasteiger partial charge in [-0.1, -0.05) is 48.0 Å². The van der Waals surface area contributed by atoms with Crippen LogP contribution in [0.25, 0.3) is 0 Å². The van der Waals surface area contributed by atoms with Gasteiger partial charge in [-0.25, -0.2) is 19.9 Å². The average Bonchev–Trinajstić information content (AvgIpc) is 2.77. The lowest BCUT2D eigenvalue weighted by Crippen LogP contribution is -2.21. The van der Waals surface area contributed by atoms with Gasteiger partial charge >= 0.3 is 0 Å². The molecular formula is C21H18ClN7. The van der Waals surface area contributed by atoms with Gasteiger partial charge in [0.15, 0.2) is 16.8 Å². The summed E-state index contributed by atoms with van der Waals surface area (Å²) in [6.45, 7) is 0.548. The van der Waals surface area contributed by atoms with Crippen LogP contribution < -0.4 is 16.0 Å². The number of nitrogen functional groups attached to an aromatic ring is 1. The quantitative estimate of drug-likeness (QED) is 0.455. The molecule has 8 heteroatoms. The van der Waals surface area contributed by atoms with Crippen LogP contribution in [0.5, 0.6) is 0 Å². The maximum atomic E-state index is 6.45. The maximum absolute atomic E-state index is 6.45. The van der Waals surface area contributed by atoms with Crippen molar-refractivity contribution in [1.82, 2.24) is 19.9 Å². The smallest absolute Gasteiger partial charge is 0.163 e. The van der Waals surface area contributed by atoms with E-state index in [4.69, 9.17) is 17.3 Å². The van der Waals surface area contributed by atoms with Crippen molar-refractivity contribution in [2.75, 3.05) is 16.0 Å². The molecule has 0 spiro atoms. The summed E-state index contributed by atoms with van der Waals surface area (Å²) in [5, 5.41) is 3.46. The van der Waals surface area contributed by atoms with Crippen LogP contribution in [0.2, 0.25) is 5.15 Å². The first-order valence-electron chi connectivity index (χ1n) is 8.93. The molecule has 7 nitrogen and oxygen atoms in total. The number of benzene rings is 1. The van der Waals surface area contributed by atoms with Gasteiger partial charge in [0, 0.05) is 12.4 Å². The van der Waals surface area contributed by atoms with E-state index in [-0.39, 0.29) is 0 Å². The van der Waals surface area contributed by atoms with Crippen LogP contribution in [0, 0.1) is 0 Å². The highest BCUT2D eigenvalue weighted by atomic mass is 35.5. The number of hydrogen-bond donors (Lipinski definition) is 2. The second kappa shape index (κ2) is 8.53. The molecular weight excluding hydrogens is 386 g/mol. The third-order valence-electron chi connectivity index (χ3n) is 4.24. The Labute approximate surface area is 173 Å². The maximum Gasteiger partial charge on any atom is 0.163 e. The summed E-state index contributed by atoms with van der Waals surface area (Å²) in [6.07, 6.45) is 4.81. The second-order valence-electron chi connectivity index (χ2n) is 6.19. The fourth-order valence-corrected chi connectivity index (χ4v) is 3.02. The SMILES string of the molecule is Nc1c(Nc2cccnc2Cl)ncnc1N(Cc1ccccc1)c1ccccn1. The fraction of sp³-hybridized carbons (Fsp3) is 0.0476. The van der Waals surface area contributed by atoms with Crippen LogP contribution in [0.1, 0.15) is 5.56 Å². The Morgan fingerprint density at radius 3 is 2.41 bits per heavy atom.